The highest BCUT2D eigenvalue weighted by Gasteiger charge is 2.33. The largest absolute Gasteiger partial charge is 0.322 e. The second-order valence-electron chi connectivity index (χ2n) is 6.87. The van der Waals surface area contributed by atoms with E-state index >= 15 is 0 Å². The molecule has 1 amide bonds. The van der Waals surface area contributed by atoms with Gasteiger partial charge in [-0.1, -0.05) is 6.07 Å². The maximum atomic E-state index is 12.8. The Labute approximate surface area is 159 Å². The molecule has 2 aliphatic rings. The number of pyridine rings is 1. The summed E-state index contributed by atoms with van der Waals surface area (Å²) in [6.45, 7) is 2.04. The van der Waals surface area contributed by atoms with Gasteiger partial charge in [-0.3, -0.25) is 9.78 Å². The highest BCUT2D eigenvalue weighted by molar-refractivity contribution is 7.86. The zero-order valence-electron chi connectivity index (χ0n) is 15.0. The normalized spacial score (nSPS) is 18.2. The summed E-state index contributed by atoms with van der Waals surface area (Å²) in [7, 11) is -3.41. The molecule has 2 aromatic rings. The first-order chi connectivity index (χ1) is 13.0. The van der Waals surface area contributed by atoms with Crippen LogP contribution in [0, 0.1) is 0 Å². The van der Waals surface area contributed by atoms with Crippen LogP contribution >= 0.6 is 0 Å². The fourth-order valence-corrected chi connectivity index (χ4v) is 5.27. The molecule has 1 fully saturated rings. The molecule has 0 unspecified atom stereocenters. The van der Waals surface area contributed by atoms with Crippen LogP contribution in [0.1, 0.15) is 34.3 Å². The SMILES string of the molecule is O=C(Nc1ccc2c(c1)CN(S(=O)(=O)N1CCCC1)CC2)c1ccncc1. The summed E-state index contributed by atoms with van der Waals surface area (Å²) in [5.41, 5.74) is 3.26. The van der Waals surface area contributed by atoms with Gasteiger partial charge in [-0.05, 0) is 54.7 Å². The van der Waals surface area contributed by atoms with Crippen molar-refractivity contribution in [2.24, 2.45) is 0 Å². The second kappa shape index (κ2) is 7.38. The van der Waals surface area contributed by atoms with Gasteiger partial charge < -0.3 is 5.32 Å². The predicted molar refractivity (Wildman–Crippen MR) is 102 cm³/mol. The van der Waals surface area contributed by atoms with E-state index in [1.165, 1.54) is 0 Å². The van der Waals surface area contributed by atoms with Crippen LogP contribution in [0.4, 0.5) is 5.69 Å². The molecule has 142 valence electrons. The lowest BCUT2D eigenvalue weighted by Crippen LogP contribution is -2.44. The topological polar surface area (TPSA) is 82.6 Å². The first kappa shape index (κ1) is 18.1. The molecular weight excluding hydrogens is 364 g/mol. The van der Waals surface area contributed by atoms with E-state index in [1.807, 2.05) is 18.2 Å². The summed E-state index contributed by atoms with van der Waals surface area (Å²) in [6, 6.07) is 9.01. The van der Waals surface area contributed by atoms with Crippen LogP contribution in [0.3, 0.4) is 0 Å². The Kier molecular flexibility index (Phi) is 4.94. The molecule has 0 spiro atoms. The van der Waals surface area contributed by atoms with Gasteiger partial charge in [0.1, 0.15) is 0 Å². The molecule has 0 atom stereocenters. The number of aromatic nitrogens is 1. The number of rotatable bonds is 4. The van der Waals surface area contributed by atoms with E-state index in [0.717, 1.165) is 24.0 Å². The highest BCUT2D eigenvalue weighted by Crippen LogP contribution is 2.27. The molecule has 1 saturated heterocycles. The zero-order valence-corrected chi connectivity index (χ0v) is 15.8. The standard InChI is InChI=1S/C19H22N4O3S/c24-19(16-5-8-20-9-6-16)21-18-4-3-15-7-12-23(14-17(15)13-18)27(25,26)22-10-1-2-11-22/h3-6,8-9,13H,1-2,7,10-12,14H2,(H,21,24). The number of carbonyl (C=O) groups is 1. The molecule has 0 aliphatic carbocycles. The molecule has 0 saturated carbocycles. The molecule has 2 aliphatic heterocycles. The molecule has 1 aromatic carbocycles. The molecule has 1 N–H and O–H groups in total. The fraction of sp³-hybridized carbons (Fsp3) is 0.368. The van der Waals surface area contributed by atoms with Crippen molar-refractivity contribution in [3.63, 3.8) is 0 Å². The van der Waals surface area contributed by atoms with Gasteiger partial charge in [-0.25, -0.2) is 0 Å². The van der Waals surface area contributed by atoms with Crippen LogP contribution in [-0.4, -0.2) is 47.6 Å². The van der Waals surface area contributed by atoms with Gasteiger partial charge in [0.25, 0.3) is 16.1 Å². The first-order valence-electron chi connectivity index (χ1n) is 9.12. The molecule has 7 nitrogen and oxygen atoms in total. The van der Waals surface area contributed by atoms with Gasteiger partial charge in [-0.2, -0.15) is 17.0 Å². The summed E-state index contributed by atoms with van der Waals surface area (Å²) in [4.78, 5) is 16.2. The average Bonchev–Trinajstić information content (AvgIpc) is 3.24. The van der Waals surface area contributed by atoms with E-state index in [-0.39, 0.29) is 5.91 Å². The Morgan fingerprint density at radius 1 is 0.963 bits per heavy atom. The minimum atomic E-state index is -3.41. The van der Waals surface area contributed by atoms with Crippen LogP contribution < -0.4 is 5.32 Å². The third-order valence-corrected chi connectivity index (χ3v) is 7.08. The Balaban J connectivity index is 1.51. The lowest BCUT2D eigenvalue weighted by molar-refractivity contribution is 0.102. The monoisotopic (exact) mass is 386 g/mol. The van der Waals surface area contributed by atoms with Crippen molar-refractivity contribution in [2.75, 3.05) is 25.0 Å². The molecular formula is C19H22N4O3S. The first-order valence-corrected chi connectivity index (χ1v) is 10.5. The summed E-state index contributed by atoms with van der Waals surface area (Å²) in [5, 5.41) is 2.87. The molecule has 0 bridgehead atoms. The third-order valence-electron chi connectivity index (χ3n) is 5.10. The van der Waals surface area contributed by atoms with Crippen molar-refractivity contribution in [1.82, 2.24) is 13.6 Å². The van der Waals surface area contributed by atoms with Gasteiger partial charge in [-0.15, -0.1) is 0 Å². The van der Waals surface area contributed by atoms with Gasteiger partial charge in [0, 0.05) is 49.8 Å². The van der Waals surface area contributed by atoms with Crippen molar-refractivity contribution in [3.8, 4) is 0 Å². The van der Waals surface area contributed by atoms with E-state index in [1.54, 1.807) is 33.1 Å². The summed E-state index contributed by atoms with van der Waals surface area (Å²) in [6.07, 6.45) is 5.68. The number of hydrogen-bond donors (Lipinski definition) is 1. The van der Waals surface area contributed by atoms with Crippen molar-refractivity contribution in [1.29, 1.82) is 0 Å². The minimum Gasteiger partial charge on any atom is -0.322 e. The number of fused-ring (bicyclic) bond motifs is 1. The van der Waals surface area contributed by atoms with Crippen molar-refractivity contribution < 1.29 is 13.2 Å². The Morgan fingerprint density at radius 2 is 1.70 bits per heavy atom. The molecule has 0 radical (unpaired) electrons. The lowest BCUT2D eigenvalue weighted by Gasteiger charge is -2.31. The second-order valence-corrected chi connectivity index (χ2v) is 8.80. The molecule has 8 heteroatoms. The lowest BCUT2D eigenvalue weighted by atomic mass is 10.0. The molecule has 3 heterocycles. The Morgan fingerprint density at radius 3 is 2.44 bits per heavy atom. The number of amides is 1. The summed E-state index contributed by atoms with van der Waals surface area (Å²) < 4.78 is 28.8. The van der Waals surface area contributed by atoms with Crippen LogP contribution in [0.25, 0.3) is 0 Å². The number of nitrogens with one attached hydrogen (secondary N) is 1. The molecule has 1 aromatic heterocycles. The minimum absolute atomic E-state index is 0.213. The quantitative estimate of drug-likeness (QED) is 0.872. The number of nitrogens with zero attached hydrogens (tertiary/aromatic N) is 3. The van der Waals surface area contributed by atoms with Crippen molar-refractivity contribution in [3.05, 3.63) is 59.4 Å². The third kappa shape index (κ3) is 3.73. The Hall–Kier alpha value is -2.29. The number of anilines is 1. The zero-order chi connectivity index (χ0) is 18.9. The van der Waals surface area contributed by atoms with Crippen LogP contribution in [0.2, 0.25) is 0 Å². The molecule has 27 heavy (non-hydrogen) atoms. The maximum absolute atomic E-state index is 12.8. The van der Waals surface area contributed by atoms with E-state index < -0.39 is 10.2 Å². The van der Waals surface area contributed by atoms with Crippen LogP contribution in [-0.2, 0) is 23.2 Å². The van der Waals surface area contributed by atoms with Crippen molar-refractivity contribution in [2.45, 2.75) is 25.8 Å². The summed E-state index contributed by atoms with van der Waals surface area (Å²) >= 11 is 0. The highest BCUT2D eigenvalue weighted by atomic mass is 32.2. The van der Waals surface area contributed by atoms with E-state index in [4.69, 9.17) is 0 Å². The van der Waals surface area contributed by atoms with E-state index in [9.17, 15) is 13.2 Å². The van der Waals surface area contributed by atoms with Gasteiger partial charge >= 0.3 is 0 Å². The van der Waals surface area contributed by atoms with Crippen molar-refractivity contribution >= 4 is 21.8 Å². The summed E-state index contributed by atoms with van der Waals surface area (Å²) in [5.74, 6) is -0.213. The Bertz CT molecular complexity index is 941. The maximum Gasteiger partial charge on any atom is 0.282 e. The fourth-order valence-electron chi connectivity index (χ4n) is 3.59. The predicted octanol–water partition coefficient (Wildman–Crippen LogP) is 2.03. The molecule has 4 rings (SSSR count). The van der Waals surface area contributed by atoms with E-state index in [0.29, 0.717) is 43.9 Å². The van der Waals surface area contributed by atoms with Crippen LogP contribution in [0.15, 0.2) is 42.7 Å². The average molecular weight is 386 g/mol. The van der Waals surface area contributed by atoms with Gasteiger partial charge in [0.2, 0.25) is 0 Å². The van der Waals surface area contributed by atoms with Crippen LogP contribution in [0.5, 0.6) is 0 Å². The number of hydrogen-bond acceptors (Lipinski definition) is 4. The number of carbonyl (C=O) groups excluding carboxylic acids is 1. The van der Waals surface area contributed by atoms with Gasteiger partial charge in [0.05, 0.1) is 0 Å². The van der Waals surface area contributed by atoms with Gasteiger partial charge in [0.15, 0.2) is 0 Å². The number of benzene rings is 1. The van der Waals surface area contributed by atoms with E-state index in [2.05, 4.69) is 10.3 Å². The smallest absolute Gasteiger partial charge is 0.282 e.